The van der Waals surface area contributed by atoms with E-state index in [1.807, 2.05) is 32.9 Å². The van der Waals surface area contributed by atoms with E-state index in [0.717, 1.165) is 5.56 Å². The number of aromatic amines is 1. The number of hydrogen-bond acceptors (Lipinski definition) is 4. The number of carbonyl (C=O) groups is 2. The van der Waals surface area contributed by atoms with Gasteiger partial charge in [0, 0.05) is 30.3 Å². The molecule has 7 nitrogen and oxygen atoms in total. The van der Waals surface area contributed by atoms with Crippen LogP contribution in [0.4, 0.5) is 0 Å². The van der Waals surface area contributed by atoms with E-state index >= 15 is 0 Å². The van der Waals surface area contributed by atoms with Gasteiger partial charge in [-0.15, -0.1) is 0 Å². The van der Waals surface area contributed by atoms with Crippen LogP contribution >= 0.6 is 0 Å². The van der Waals surface area contributed by atoms with Crippen molar-refractivity contribution in [3.05, 3.63) is 51.9 Å². The monoisotopic (exact) mass is 398 g/mol. The molecule has 0 aliphatic carbocycles. The molecule has 3 rings (SSSR count). The Hall–Kier alpha value is -3.09. The molecule has 1 amide bonds. The fourth-order valence-corrected chi connectivity index (χ4v) is 3.76. The van der Waals surface area contributed by atoms with Crippen LogP contribution in [0.2, 0.25) is 0 Å². The van der Waals surface area contributed by atoms with E-state index in [1.54, 1.807) is 25.4 Å². The van der Waals surface area contributed by atoms with Gasteiger partial charge in [-0.3, -0.25) is 9.59 Å². The van der Waals surface area contributed by atoms with Crippen molar-refractivity contribution in [3.63, 3.8) is 0 Å². The highest BCUT2D eigenvalue weighted by Gasteiger charge is 2.36. The molecule has 1 saturated heterocycles. The summed E-state index contributed by atoms with van der Waals surface area (Å²) in [6.45, 7) is 6.25. The van der Waals surface area contributed by atoms with Crippen molar-refractivity contribution >= 4 is 11.9 Å². The van der Waals surface area contributed by atoms with Crippen LogP contribution in [0, 0.1) is 0 Å². The summed E-state index contributed by atoms with van der Waals surface area (Å²) in [5.74, 6) is -0.584. The summed E-state index contributed by atoms with van der Waals surface area (Å²) in [6.07, 6.45) is 2.05. The van der Waals surface area contributed by atoms with Gasteiger partial charge < -0.3 is 19.7 Å². The number of ether oxygens (including phenoxy) is 1. The van der Waals surface area contributed by atoms with Gasteiger partial charge in [-0.25, -0.2) is 4.79 Å². The van der Waals surface area contributed by atoms with Crippen molar-refractivity contribution in [1.29, 1.82) is 0 Å². The van der Waals surface area contributed by atoms with Crippen molar-refractivity contribution < 1.29 is 19.4 Å². The van der Waals surface area contributed by atoms with Crippen molar-refractivity contribution in [1.82, 2.24) is 9.88 Å². The largest absolute Gasteiger partial charge is 0.496 e. The highest BCUT2D eigenvalue weighted by Crippen LogP contribution is 2.38. The number of aliphatic carboxylic acids is 1. The van der Waals surface area contributed by atoms with Crippen LogP contribution in [0.15, 0.2) is 35.3 Å². The van der Waals surface area contributed by atoms with Crippen LogP contribution in [0.5, 0.6) is 5.75 Å². The predicted molar refractivity (Wildman–Crippen MR) is 109 cm³/mol. The Labute approximate surface area is 169 Å². The molecule has 7 heteroatoms. The van der Waals surface area contributed by atoms with Gasteiger partial charge in [0.15, 0.2) is 0 Å². The van der Waals surface area contributed by atoms with Crippen LogP contribution in [0.3, 0.4) is 0 Å². The summed E-state index contributed by atoms with van der Waals surface area (Å²) < 4.78 is 5.59. The topological polar surface area (TPSA) is 99.7 Å². The number of likely N-dealkylation sites (tertiary alicyclic amines) is 1. The van der Waals surface area contributed by atoms with E-state index in [1.165, 1.54) is 4.90 Å². The molecule has 0 bridgehead atoms. The number of rotatable bonds is 5. The zero-order valence-electron chi connectivity index (χ0n) is 17.1. The molecule has 154 valence electrons. The van der Waals surface area contributed by atoms with Gasteiger partial charge in [-0.05, 0) is 47.2 Å². The number of hydrogen-bond donors (Lipinski definition) is 2. The van der Waals surface area contributed by atoms with Crippen molar-refractivity contribution in [2.24, 2.45) is 0 Å². The molecule has 1 aromatic heterocycles. The summed E-state index contributed by atoms with van der Waals surface area (Å²) in [7, 11) is 1.57. The van der Waals surface area contributed by atoms with E-state index < -0.39 is 12.0 Å². The molecule has 1 aromatic carbocycles. The van der Waals surface area contributed by atoms with Crippen molar-refractivity contribution in [3.8, 4) is 16.9 Å². The van der Waals surface area contributed by atoms with Crippen LogP contribution in [0.1, 0.15) is 44.7 Å². The van der Waals surface area contributed by atoms with Crippen molar-refractivity contribution in [2.45, 2.75) is 51.6 Å². The molecule has 2 aromatic rings. The molecule has 1 aliphatic rings. The van der Waals surface area contributed by atoms with Gasteiger partial charge in [0.1, 0.15) is 11.8 Å². The Balaban J connectivity index is 2.19. The molecular formula is C22H26N2O5. The number of benzene rings is 1. The first kappa shape index (κ1) is 20.6. The average molecular weight is 398 g/mol. The van der Waals surface area contributed by atoms with Gasteiger partial charge in [0.2, 0.25) is 5.91 Å². The smallest absolute Gasteiger partial charge is 0.326 e. The lowest BCUT2D eigenvalue weighted by Gasteiger charge is -2.27. The molecule has 2 heterocycles. The van der Waals surface area contributed by atoms with Crippen LogP contribution in [0.25, 0.3) is 11.1 Å². The van der Waals surface area contributed by atoms with Gasteiger partial charge in [0.05, 0.1) is 7.11 Å². The number of nitrogens with zero attached hydrogens (tertiary/aromatic N) is 1. The Morgan fingerprint density at radius 3 is 2.59 bits per heavy atom. The third-order valence-electron chi connectivity index (χ3n) is 5.30. The van der Waals surface area contributed by atoms with Crippen LogP contribution in [-0.2, 0) is 21.5 Å². The summed E-state index contributed by atoms with van der Waals surface area (Å²) in [5.41, 5.74) is 2.24. The quantitative estimate of drug-likeness (QED) is 0.807. The second-order valence-electron chi connectivity index (χ2n) is 8.29. The van der Waals surface area contributed by atoms with Crippen LogP contribution < -0.4 is 10.3 Å². The highest BCUT2D eigenvalue weighted by atomic mass is 16.5. The second-order valence-corrected chi connectivity index (χ2v) is 8.29. The standard InChI is InChI=1S/C22H26N2O5/c1-22(2,3)16-11-15(14-6-5-9-23-20(14)26)13(10-18(16)29-4)12-24-17(21(27)28)7-8-19(24)25/h5-6,9-11,17H,7-8,12H2,1-4H3,(H,23,26)(H,27,28)/t17-/m1/s1. The van der Waals surface area contributed by atoms with Gasteiger partial charge >= 0.3 is 5.97 Å². The molecule has 1 aliphatic heterocycles. The first-order valence-corrected chi connectivity index (χ1v) is 9.55. The minimum atomic E-state index is -1.02. The third kappa shape index (κ3) is 4.04. The lowest BCUT2D eigenvalue weighted by atomic mass is 9.83. The molecule has 29 heavy (non-hydrogen) atoms. The zero-order valence-corrected chi connectivity index (χ0v) is 17.1. The first-order chi connectivity index (χ1) is 13.6. The Bertz CT molecular complexity index is 1000. The molecule has 0 spiro atoms. The Morgan fingerprint density at radius 1 is 1.28 bits per heavy atom. The third-order valence-corrected chi connectivity index (χ3v) is 5.30. The zero-order chi connectivity index (χ0) is 21.3. The number of aromatic nitrogens is 1. The van der Waals surface area contributed by atoms with Gasteiger partial charge in [-0.1, -0.05) is 20.8 Å². The fraction of sp³-hybridized carbons (Fsp3) is 0.409. The number of amides is 1. The maximum atomic E-state index is 12.5. The normalized spacial score (nSPS) is 16.9. The Kier molecular flexibility index (Phi) is 5.50. The summed E-state index contributed by atoms with van der Waals surface area (Å²) in [6, 6.07) is 6.32. The summed E-state index contributed by atoms with van der Waals surface area (Å²) in [4.78, 5) is 40.5. The number of carbonyl (C=O) groups excluding carboxylic acids is 1. The summed E-state index contributed by atoms with van der Waals surface area (Å²) in [5, 5.41) is 9.49. The molecule has 2 N–H and O–H groups in total. The number of nitrogens with one attached hydrogen (secondary N) is 1. The molecule has 0 radical (unpaired) electrons. The van der Waals surface area contributed by atoms with E-state index in [-0.39, 0.29) is 36.3 Å². The highest BCUT2D eigenvalue weighted by molar-refractivity contribution is 5.87. The first-order valence-electron chi connectivity index (χ1n) is 9.55. The van der Waals surface area contributed by atoms with Gasteiger partial charge in [0.25, 0.3) is 5.56 Å². The maximum absolute atomic E-state index is 12.5. The molecule has 0 saturated carbocycles. The minimum absolute atomic E-state index is 0.0975. The fourth-order valence-electron chi connectivity index (χ4n) is 3.76. The SMILES string of the molecule is COc1cc(CN2C(=O)CC[C@@H]2C(=O)O)c(-c2ccc[nH]c2=O)cc1C(C)(C)C. The average Bonchev–Trinajstić information content (AvgIpc) is 3.02. The summed E-state index contributed by atoms with van der Waals surface area (Å²) >= 11 is 0. The lowest BCUT2D eigenvalue weighted by Crippen LogP contribution is -2.38. The minimum Gasteiger partial charge on any atom is -0.496 e. The Morgan fingerprint density at radius 2 is 2.00 bits per heavy atom. The molecule has 1 atom stereocenters. The van der Waals surface area contributed by atoms with Crippen LogP contribution in [-0.4, -0.2) is 40.0 Å². The number of carboxylic acids is 1. The maximum Gasteiger partial charge on any atom is 0.326 e. The number of pyridine rings is 1. The molecule has 0 unspecified atom stereocenters. The lowest BCUT2D eigenvalue weighted by molar-refractivity contribution is -0.146. The molecule has 1 fully saturated rings. The van der Waals surface area contributed by atoms with E-state index in [0.29, 0.717) is 22.4 Å². The predicted octanol–water partition coefficient (Wildman–Crippen LogP) is 2.92. The van der Waals surface area contributed by atoms with E-state index in [4.69, 9.17) is 4.74 Å². The van der Waals surface area contributed by atoms with E-state index in [9.17, 15) is 19.5 Å². The van der Waals surface area contributed by atoms with E-state index in [2.05, 4.69) is 4.98 Å². The molecular weight excluding hydrogens is 372 g/mol. The van der Waals surface area contributed by atoms with Gasteiger partial charge in [-0.2, -0.15) is 0 Å². The number of H-pyrrole nitrogens is 1. The second kappa shape index (κ2) is 7.73. The number of carboxylic acid groups (broad SMARTS) is 1. The van der Waals surface area contributed by atoms with Crippen molar-refractivity contribution in [2.75, 3.05) is 7.11 Å². The number of methoxy groups -OCH3 is 1.